The number of hydrogen-bond donors (Lipinski definition) is 2. The first kappa shape index (κ1) is 30.1. The molecule has 4 aromatic rings. The van der Waals surface area contributed by atoms with Gasteiger partial charge in [-0.3, -0.25) is 9.36 Å². The number of fused-ring (bicyclic) bond motifs is 1. The van der Waals surface area contributed by atoms with Crippen molar-refractivity contribution in [2.75, 3.05) is 13.7 Å². The van der Waals surface area contributed by atoms with Crippen LogP contribution in [0, 0.1) is 12.7 Å². The molecule has 220 valence electrons. The van der Waals surface area contributed by atoms with Gasteiger partial charge in [0.05, 0.1) is 43.6 Å². The van der Waals surface area contributed by atoms with Gasteiger partial charge in [-0.15, -0.1) is 4.80 Å². The molecule has 1 aromatic carbocycles. The van der Waals surface area contributed by atoms with Crippen LogP contribution in [-0.2, 0) is 21.6 Å². The first-order valence-corrected chi connectivity index (χ1v) is 13.6. The number of benzene rings is 1. The van der Waals surface area contributed by atoms with Crippen LogP contribution in [0.5, 0.6) is 5.75 Å². The van der Waals surface area contributed by atoms with Crippen molar-refractivity contribution >= 4 is 27.5 Å². The van der Waals surface area contributed by atoms with Crippen molar-refractivity contribution in [2.24, 2.45) is 0 Å². The number of rotatable bonds is 11. The summed E-state index contributed by atoms with van der Waals surface area (Å²) in [5.74, 6) is -1.65. The van der Waals surface area contributed by atoms with Gasteiger partial charge in [0.15, 0.2) is 0 Å². The van der Waals surface area contributed by atoms with E-state index in [1.165, 1.54) is 60.9 Å². The highest BCUT2D eigenvalue weighted by Gasteiger charge is 2.36. The van der Waals surface area contributed by atoms with Gasteiger partial charge in [-0.2, -0.15) is 10.2 Å². The molecule has 2 N–H and O–H groups in total. The molecule has 0 aliphatic carbocycles. The molecule has 0 saturated heterocycles. The van der Waals surface area contributed by atoms with Gasteiger partial charge in [0, 0.05) is 11.1 Å². The third-order valence-corrected chi connectivity index (χ3v) is 8.07. The second-order valence-electron chi connectivity index (χ2n) is 10.7. The fourth-order valence-corrected chi connectivity index (χ4v) is 5.63. The summed E-state index contributed by atoms with van der Waals surface area (Å²) in [6.45, 7) is 7.23. The maximum absolute atomic E-state index is 14.5. The zero-order valence-corrected chi connectivity index (χ0v) is 24.4. The highest BCUT2D eigenvalue weighted by atomic mass is 32.1. The summed E-state index contributed by atoms with van der Waals surface area (Å²) in [4.78, 5) is 41.5. The number of aryl methyl sites for hydroxylation is 1. The molecule has 0 bridgehead atoms. The van der Waals surface area contributed by atoms with E-state index in [0.717, 1.165) is 11.3 Å². The largest absolute Gasteiger partial charge is 0.496 e. The fraction of sp³-hybridized carbons (Fsp3) is 0.444. The predicted molar refractivity (Wildman–Crippen MR) is 150 cm³/mol. The molecule has 3 aromatic heterocycles. The Kier molecular flexibility index (Phi) is 8.21. The van der Waals surface area contributed by atoms with Gasteiger partial charge in [0.2, 0.25) is 0 Å². The molecule has 0 amide bonds. The van der Waals surface area contributed by atoms with Gasteiger partial charge in [-0.1, -0.05) is 11.3 Å². The topological polar surface area (TPSA) is 151 Å². The van der Waals surface area contributed by atoms with Crippen molar-refractivity contribution in [3.8, 4) is 10.8 Å². The summed E-state index contributed by atoms with van der Waals surface area (Å²) in [5.41, 5.74) is -3.88. The molecule has 0 fully saturated rings. The van der Waals surface area contributed by atoms with E-state index >= 15 is 0 Å². The van der Waals surface area contributed by atoms with Gasteiger partial charge in [0.1, 0.15) is 33.0 Å². The summed E-state index contributed by atoms with van der Waals surface area (Å²) in [6.07, 6.45) is 2.16. The van der Waals surface area contributed by atoms with Crippen LogP contribution in [0.15, 0.2) is 40.2 Å². The molecule has 0 saturated carbocycles. The van der Waals surface area contributed by atoms with E-state index in [2.05, 4.69) is 10.2 Å². The molecule has 3 heterocycles. The number of carboxylic acids is 1. The molecule has 41 heavy (non-hydrogen) atoms. The first-order valence-electron chi connectivity index (χ1n) is 12.7. The smallest absolute Gasteiger partial charge is 0.333 e. The number of carbonyl (C=O) groups is 1. The van der Waals surface area contributed by atoms with E-state index in [1.54, 1.807) is 20.8 Å². The number of hydrogen-bond acceptors (Lipinski definition) is 9. The standard InChI is InChI=1S/C27H32FN5O7S/c1-15-20-21(34)32(27(4,5)24(35)36)25(37)31(23(20)41-22(15)33-29-10-11-30-33)14-19(40-12-9-26(2,3)38)17-13-16(28)7-8-18(17)39-6/h7-8,10-11,13,19,38H,9,12,14H2,1-6H3,(H,35,36)/t19-/m0/s1. The van der Waals surface area contributed by atoms with Crippen molar-refractivity contribution < 1.29 is 28.9 Å². The van der Waals surface area contributed by atoms with Crippen LogP contribution in [0.4, 0.5) is 4.39 Å². The van der Waals surface area contributed by atoms with E-state index in [4.69, 9.17) is 9.47 Å². The number of aromatic nitrogens is 5. The molecule has 0 spiro atoms. The van der Waals surface area contributed by atoms with Crippen LogP contribution in [-0.4, -0.2) is 59.6 Å². The van der Waals surface area contributed by atoms with E-state index in [-0.39, 0.29) is 29.8 Å². The Morgan fingerprint density at radius 3 is 2.41 bits per heavy atom. The van der Waals surface area contributed by atoms with E-state index < -0.39 is 40.3 Å². The van der Waals surface area contributed by atoms with Gasteiger partial charge in [-0.25, -0.2) is 18.5 Å². The Labute approximate surface area is 238 Å². The number of methoxy groups -OCH3 is 1. The van der Waals surface area contributed by atoms with Crippen LogP contribution < -0.4 is 16.0 Å². The molecule has 0 radical (unpaired) electrons. The number of thiophene rings is 1. The lowest BCUT2D eigenvalue weighted by molar-refractivity contribution is -0.146. The Morgan fingerprint density at radius 2 is 1.83 bits per heavy atom. The number of ether oxygens (including phenoxy) is 2. The van der Waals surface area contributed by atoms with Crippen LogP contribution in [0.25, 0.3) is 15.2 Å². The number of nitrogens with zero attached hydrogens (tertiary/aromatic N) is 5. The maximum atomic E-state index is 14.5. The van der Waals surface area contributed by atoms with Crippen LogP contribution in [0.1, 0.15) is 51.3 Å². The third-order valence-electron chi connectivity index (χ3n) is 6.79. The second kappa shape index (κ2) is 11.2. The minimum Gasteiger partial charge on any atom is -0.496 e. The van der Waals surface area contributed by atoms with Crippen LogP contribution >= 0.6 is 11.3 Å². The monoisotopic (exact) mass is 589 g/mol. The first-order chi connectivity index (χ1) is 19.2. The summed E-state index contributed by atoms with van der Waals surface area (Å²) in [7, 11) is 1.41. The van der Waals surface area contributed by atoms with E-state index in [9.17, 15) is 29.0 Å². The molecule has 0 unspecified atom stereocenters. The van der Waals surface area contributed by atoms with Crippen molar-refractivity contribution in [2.45, 2.75) is 64.8 Å². The summed E-state index contributed by atoms with van der Waals surface area (Å²) in [6, 6.07) is 3.88. The van der Waals surface area contributed by atoms with E-state index in [0.29, 0.717) is 26.4 Å². The quantitative estimate of drug-likeness (QED) is 0.269. The lowest BCUT2D eigenvalue weighted by Crippen LogP contribution is -2.52. The van der Waals surface area contributed by atoms with Gasteiger partial charge < -0.3 is 19.7 Å². The number of carboxylic acid groups (broad SMARTS) is 1. The fourth-order valence-electron chi connectivity index (χ4n) is 4.41. The van der Waals surface area contributed by atoms with Crippen molar-refractivity contribution in [1.29, 1.82) is 0 Å². The SMILES string of the molecule is COc1ccc(F)cc1[C@H](Cn1c(=O)n(C(C)(C)C(=O)O)c(=O)c2c(C)c(-n3nccn3)sc21)OCCC(C)(C)O. The summed E-state index contributed by atoms with van der Waals surface area (Å²) < 4.78 is 28.0. The number of aliphatic hydroxyl groups is 1. The van der Waals surface area contributed by atoms with Gasteiger partial charge in [0.25, 0.3) is 5.56 Å². The van der Waals surface area contributed by atoms with Crippen molar-refractivity contribution in [1.82, 2.24) is 24.1 Å². The molecule has 0 aliphatic heterocycles. The number of aliphatic carboxylic acids is 1. The van der Waals surface area contributed by atoms with Gasteiger partial charge >= 0.3 is 11.7 Å². The summed E-state index contributed by atoms with van der Waals surface area (Å²) >= 11 is 1.08. The molecule has 1 atom stereocenters. The highest BCUT2D eigenvalue weighted by molar-refractivity contribution is 7.21. The van der Waals surface area contributed by atoms with Crippen molar-refractivity contribution in [3.63, 3.8) is 0 Å². The lowest BCUT2D eigenvalue weighted by atomic mass is 10.0. The molecule has 14 heteroatoms. The molecule has 0 aliphatic rings. The minimum atomic E-state index is -1.91. The Balaban J connectivity index is 2.00. The Morgan fingerprint density at radius 1 is 1.17 bits per heavy atom. The highest BCUT2D eigenvalue weighted by Crippen LogP contribution is 2.34. The summed E-state index contributed by atoms with van der Waals surface area (Å²) in [5, 5.41) is 29.1. The van der Waals surface area contributed by atoms with Crippen molar-refractivity contribution in [3.05, 3.63) is 68.4 Å². The van der Waals surface area contributed by atoms with Crippen LogP contribution in [0.3, 0.4) is 0 Å². The van der Waals surface area contributed by atoms with E-state index in [1.807, 2.05) is 0 Å². The number of halogens is 1. The Hall–Kier alpha value is -3.88. The average Bonchev–Trinajstić information content (AvgIpc) is 3.52. The molecular formula is C27H32FN5O7S. The average molecular weight is 590 g/mol. The zero-order valence-electron chi connectivity index (χ0n) is 23.5. The third kappa shape index (κ3) is 5.80. The lowest BCUT2D eigenvalue weighted by Gasteiger charge is -2.26. The minimum absolute atomic E-state index is 0.0396. The van der Waals surface area contributed by atoms with Gasteiger partial charge in [-0.05, 0) is 59.2 Å². The molecule has 12 nitrogen and oxygen atoms in total. The second-order valence-corrected chi connectivity index (χ2v) is 11.7. The Bertz CT molecular complexity index is 1700. The molecule has 4 rings (SSSR count). The zero-order chi connectivity index (χ0) is 30.3. The normalized spacial score (nSPS) is 13.1. The molecular weight excluding hydrogens is 557 g/mol. The van der Waals surface area contributed by atoms with Crippen LogP contribution in [0.2, 0.25) is 0 Å². The maximum Gasteiger partial charge on any atom is 0.333 e. The predicted octanol–water partition coefficient (Wildman–Crippen LogP) is 3.00.